The average molecular weight is 258 g/mol. The Balaban J connectivity index is 2.19. The van der Waals surface area contributed by atoms with Gasteiger partial charge in [-0.15, -0.1) is 0 Å². The summed E-state index contributed by atoms with van der Waals surface area (Å²) in [5.41, 5.74) is 5.35. The summed E-state index contributed by atoms with van der Waals surface area (Å²) >= 11 is 0. The number of esters is 1. The molecular formula is C12H22N2O4. The molecule has 18 heavy (non-hydrogen) atoms. The molecule has 2 N–H and O–H groups in total. The van der Waals surface area contributed by atoms with Gasteiger partial charge in [-0.25, -0.2) is 4.79 Å². The van der Waals surface area contributed by atoms with E-state index in [1.165, 1.54) is 0 Å². The number of piperidine rings is 1. The molecule has 1 aliphatic rings. The van der Waals surface area contributed by atoms with Crippen molar-refractivity contribution in [2.45, 2.75) is 32.3 Å². The van der Waals surface area contributed by atoms with E-state index < -0.39 is 0 Å². The molecule has 6 heteroatoms. The van der Waals surface area contributed by atoms with E-state index in [-0.39, 0.29) is 24.6 Å². The second kappa shape index (κ2) is 8.05. The lowest BCUT2D eigenvalue weighted by atomic mass is 10.1. The molecule has 104 valence electrons. The van der Waals surface area contributed by atoms with E-state index >= 15 is 0 Å². The number of nitrogens with two attached hydrogens (primary N) is 1. The van der Waals surface area contributed by atoms with Crippen LogP contribution >= 0.6 is 0 Å². The van der Waals surface area contributed by atoms with Crippen LogP contribution in [0.4, 0.5) is 0 Å². The summed E-state index contributed by atoms with van der Waals surface area (Å²) in [4.78, 5) is 24.5. The number of carbonyl (C=O) groups excluding carboxylic acids is 2. The normalized spacial score (nSPS) is 16.7. The van der Waals surface area contributed by atoms with Gasteiger partial charge in [-0.1, -0.05) is 0 Å². The lowest BCUT2D eigenvalue weighted by molar-refractivity contribution is -0.152. The number of nitrogens with zero attached hydrogens (tertiary/aromatic N) is 1. The van der Waals surface area contributed by atoms with Crippen LogP contribution in [-0.2, 0) is 19.1 Å². The standard InChI is InChI=1S/C12H22N2O4/c1-2-17-12(16)9-18-10-4-7-14(8-5-10)11(15)3-6-13/h10H,2-9,13H2,1H3. The molecule has 1 aliphatic heterocycles. The van der Waals surface area contributed by atoms with Crippen LogP contribution in [0.3, 0.4) is 0 Å². The lowest BCUT2D eigenvalue weighted by Gasteiger charge is -2.31. The van der Waals surface area contributed by atoms with E-state index in [2.05, 4.69) is 0 Å². The van der Waals surface area contributed by atoms with Gasteiger partial charge in [-0.2, -0.15) is 0 Å². The van der Waals surface area contributed by atoms with Gasteiger partial charge < -0.3 is 20.1 Å². The van der Waals surface area contributed by atoms with Crippen molar-refractivity contribution in [3.8, 4) is 0 Å². The summed E-state index contributed by atoms with van der Waals surface area (Å²) < 4.78 is 10.2. The molecule has 6 nitrogen and oxygen atoms in total. The van der Waals surface area contributed by atoms with Gasteiger partial charge in [-0.3, -0.25) is 4.79 Å². The molecule has 0 atom stereocenters. The summed E-state index contributed by atoms with van der Waals surface area (Å²) in [5, 5.41) is 0. The topological polar surface area (TPSA) is 81.9 Å². The fourth-order valence-electron chi connectivity index (χ4n) is 1.94. The van der Waals surface area contributed by atoms with E-state index in [1.54, 1.807) is 11.8 Å². The largest absolute Gasteiger partial charge is 0.464 e. The molecule has 1 amide bonds. The summed E-state index contributed by atoms with van der Waals surface area (Å²) in [6.07, 6.45) is 1.95. The average Bonchev–Trinajstić information content (AvgIpc) is 2.37. The first-order valence-corrected chi connectivity index (χ1v) is 6.42. The number of likely N-dealkylation sites (tertiary alicyclic amines) is 1. The van der Waals surface area contributed by atoms with E-state index in [4.69, 9.17) is 15.2 Å². The van der Waals surface area contributed by atoms with Crippen molar-refractivity contribution in [2.75, 3.05) is 32.8 Å². The highest BCUT2D eigenvalue weighted by molar-refractivity contribution is 5.76. The van der Waals surface area contributed by atoms with Crippen LogP contribution in [0.5, 0.6) is 0 Å². The second-order valence-electron chi connectivity index (χ2n) is 4.23. The van der Waals surface area contributed by atoms with Gasteiger partial charge in [0.1, 0.15) is 6.61 Å². The Labute approximate surface area is 107 Å². The van der Waals surface area contributed by atoms with Gasteiger partial charge in [-0.05, 0) is 19.8 Å². The summed E-state index contributed by atoms with van der Waals surface area (Å²) in [5.74, 6) is -0.236. The van der Waals surface area contributed by atoms with Gasteiger partial charge in [0.15, 0.2) is 0 Å². The molecule has 0 unspecified atom stereocenters. The zero-order valence-corrected chi connectivity index (χ0v) is 10.9. The fourth-order valence-corrected chi connectivity index (χ4v) is 1.94. The van der Waals surface area contributed by atoms with Crippen molar-refractivity contribution in [3.05, 3.63) is 0 Å². The van der Waals surface area contributed by atoms with Gasteiger partial charge in [0.2, 0.25) is 5.91 Å². The Morgan fingerprint density at radius 1 is 1.33 bits per heavy atom. The minimum atomic E-state index is -0.334. The van der Waals surface area contributed by atoms with Crippen LogP contribution in [0.25, 0.3) is 0 Å². The highest BCUT2D eigenvalue weighted by Gasteiger charge is 2.23. The number of hydrogen-bond donors (Lipinski definition) is 1. The van der Waals surface area contributed by atoms with Crippen LogP contribution in [0, 0.1) is 0 Å². The first-order chi connectivity index (χ1) is 8.67. The molecule has 0 aromatic carbocycles. The molecule has 0 saturated carbocycles. The smallest absolute Gasteiger partial charge is 0.332 e. The van der Waals surface area contributed by atoms with Crippen molar-refractivity contribution in [1.82, 2.24) is 4.90 Å². The number of amides is 1. The van der Waals surface area contributed by atoms with Crippen molar-refractivity contribution in [1.29, 1.82) is 0 Å². The number of ether oxygens (including phenoxy) is 2. The van der Waals surface area contributed by atoms with Gasteiger partial charge in [0.25, 0.3) is 0 Å². The first-order valence-electron chi connectivity index (χ1n) is 6.42. The monoisotopic (exact) mass is 258 g/mol. The predicted octanol–water partition coefficient (Wildman–Crippen LogP) is -0.0941. The summed E-state index contributed by atoms with van der Waals surface area (Å²) in [6.45, 7) is 3.86. The highest BCUT2D eigenvalue weighted by Crippen LogP contribution is 2.14. The summed E-state index contributed by atoms with van der Waals surface area (Å²) in [6, 6.07) is 0. The van der Waals surface area contributed by atoms with Crippen molar-refractivity contribution < 1.29 is 19.1 Å². The second-order valence-corrected chi connectivity index (χ2v) is 4.23. The zero-order chi connectivity index (χ0) is 13.4. The van der Waals surface area contributed by atoms with Crippen molar-refractivity contribution in [2.24, 2.45) is 5.73 Å². The third kappa shape index (κ3) is 5.01. The molecular weight excluding hydrogens is 236 g/mol. The lowest BCUT2D eigenvalue weighted by Crippen LogP contribution is -2.41. The Morgan fingerprint density at radius 3 is 2.56 bits per heavy atom. The minimum absolute atomic E-state index is 0.00471. The van der Waals surface area contributed by atoms with Crippen molar-refractivity contribution >= 4 is 11.9 Å². The molecule has 1 saturated heterocycles. The Hall–Kier alpha value is -1.14. The third-order valence-corrected chi connectivity index (χ3v) is 2.90. The van der Waals surface area contributed by atoms with Gasteiger partial charge >= 0.3 is 5.97 Å². The highest BCUT2D eigenvalue weighted by atomic mass is 16.6. The number of carbonyl (C=O) groups is 2. The Morgan fingerprint density at radius 2 is 2.00 bits per heavy atom. The maximum Gasteiger partial charge on any atom is 0.332 e. The molecule has 0 aromatic rings. The molecule has 0 bridgehead atoms. The van der Waals surface area contributed by atoms with Gasteiger partial charge in [0, 0.05) is 26.1 Å². The van der Waals surface area contributed by atoms with Crippen LogP contribution < -0.4 is 5.73 Å². The fraction of sp³-hybridized carbons (Fsp3) is 0.833. The van der Waals surface area contributed by atoms with Crippen LogP contribution in [0.2, 0.25) is 0 Å². The Kier molecular flexibility index (Phi) is 6.67. The molecule has 0 spiro atoms. The number of hydrogen-bond acceptors (Lipinski definition) is 5. The van der Waals surface area contributed by atoms with Crippen LogP contribution in [0.15, 0.2) is 0 Å². The molecule has 0 radical (unpaired) electrons. The van der Waals surface area contributed by atoms with Crippen LogP contribution in [-0.4, -0.2) is 55.7 Å². The third-order valence-electron chi connectivity index (χ3n) is 2.90. The summed E-state index contributed by atoms with van der Waals surface area (Å²) in [7, 11) is 0. The quantitative estimate of drug-likeness (QED) is 0.673. The minimum Gasteiger partial charge on any atom is -0.464 e. The zero-order valence-electron chi connectivity index (χ0n) is 10.9. The molecule has 1 rings (SSSR count). The maximum atomic E-state index is 11.6. The van der Waals surface area contributed by atoms with E-state index in [1.807, 2.05) is 0 Å². The molecule has 0 aliphatic carbocycles. The van der Waals surface area contributed by atoms with E-state index in [0.29, 0.717) is 32.7 Å². The SMILES string of the molecule is CCOC(=O)COC1CCN(C(=O)CCN)CC1. The molecule has 0 aromatic heterocycles. The van der Waals surface area contributed by atoms with Gasteiger partial charge in [0.05, 0.1) is 12.7 Å². The first kappa shape index (κ1) is 14.9. The predicted molar refractivity (Wildman–Crippen MR) is 65.9 cm³/mol. The van der Waals surface area contributed by atoms with Crippen molar-refractivity contribution in [3.63, 3.8) is 0 Å². The van der Waals surface area contributed by atoms with Crippen LogP contribution in [0.1, 0.15) is 26.2 Å². The molecule has 1 fully saturated rings. The molecule has 1 heterocycles. The van der Waals surface area contributed by atoms with E-state index in [9.17, 15) is 9.59 Å². The maximum absolute atomic E-state index is 11.6. The van der Waals surface area contributed by atoms with E-state index in [0.717, 1.165) is 12.8 Å². The Bertz CT molecular complexity index is 275. The number of rotatable bonds is 6.